The summed E-state index contributed by atoms with van der Waals surface area (Å²) >= 11 is 1.70. The van der Waals surface area contributed by atoms with E-state index in [1.54, 1.807) is 17.5 Å². The highest BCUT2D eigenvalue weighted by molar-refractivity contribution is 7.09. The minimum Gasteiger partial charge on any atom is -0.397 e. The summed E-state index contributed by atoms with van der Waals surface area (Å²) in [6, 6.07) is 3.86. The Labute approximate surface area is 105 Å². The van der Waals surface area contributed by atoms with Crippen molar-refractivity contribution in [3.05, 3.63) is 40.6 Å². The van der Waals surface area contributed by atoms with Gasteiger partial charge in [-0.15, -0.1) is 11.3 Å². The maximum Gasteiger partial charge on any atom is 0.0937 e. The van der Waals surface area contributed by atoms with Crippen molar-refractivity contribution < 1.29 is 0 Å². The number of nitrogens with two attached hydrogens (primary N) is 1. The molecule has 0 spiro atoms. The first-order chi connectivity index (χ1) is 8.34. The predicted octanol–water partition coefficient (Wildman–Crippen LogP) is 1.50. The van der Waals surface area contributed by atoms with Crippen LogP contribution in [0.1, 0.15) is 10.7 Å². The molecule has 5 heteroatoms. The van der Waals surface area contributed by atoms with Crippen LogP contribution in [0.3, 0.4) is 0 Å². The highest BCUT2D eigenvalue weighted by Crippen LogP contribution is 2.03. The van der Waals surface area contributed by atoms with Gasteiger partial charge in [-0.25, -0.2) is 4.98 Å². The Morgan fingerprint density at radius 1 is 1.18 bits per heavy atom. The summed E-state index contributed by atoms with van der Waals surface area (Å²) in [5.41, 5.74) is 7.36. The molecule has 0 aliphatic rings. The lowest BCUT2D eigenvalue weighted by Crippen LogP contribution is -2.20. The average Bonchev–Trinajstić information content (AvgIpc) is 2.84. The molecule has 2 heterocycles. The summed E-state index contributed by atoms with van der Waals surface area (Å²) in [7, 11) is 0. The van der Waals surface area contributed by atoms with Crippen LogP contribution in [-0.4, -0.2) is 23.1 Å². The second kappa shape index (κ2) is 6.32. The van der Waals surface area contributed by atoms with Gasteiger partial charge in [0.2, 0.25) is 0 Å². The third-order valence-electron chi connectivity index (χ3n) is 2.40. The summed E-state index contributed by atoms with van der Waals surface area (Å²) < 4.78 is 0. The van der Waals surface area contributed by atoms with Crippen LogP contribution < -0.4 is 11.1 Å². The molecular weight excluding hydrogens is 232 g/mol. The number of thiazole rings is 1. The fourth-order valence-electron chi connectivity index (χ4n) is 1.50. The summed E-state index contributed by atoms with van der Waals surface area (Å²) in [6.45, 7) is 1.89. The topological polar surface area (TPSA) is 63.8 Å². The average molecular weight is 248 g/mol. The van der Waals surface area contributed by atoms with Crippen molar-refractivity contribution in [2.45, 2.75) is 12.8 Å². The quantitative estimate of drug-likeness (QED) is 0.760. The Morgan fingerprint density at radius 2 is 2.06 bits per heavy atom. The Kier molecular flexibility index (Phi) is 4.46. The maximum atomic E-state index is 5.57. The first-order valence-corrected chi connectivity index (χ1v) is 6.52. The lowest BCUT2D eigenvalue weighted by Gasteiger charge is -2.03. The zero-order chi connectivity index (χ0) is 11.9. The largest absolute Gasteiger partial charge is 0.397 e. The highest BCUT2D eigenvalue weighted by Gasteiger charge is 1.96. The van der Waals surface area contributed by atoms with Crippen LogP contribution in [0.25, 0.3) is 0 Å². The number of aromatic nitrogens is 2. The van der Waals surface area contributed by atoms with Crippen LogP contribution in [0.15, 0.2) is 29.9 Å². The van der Waals surface area contributed by atoms with E-state index in [2.05, 4.69) is 15.3 Å². The standard InChI is InChI=1S/C12H16N4S/c13-10-1-2-11(16-9-10)3-5-14-6-4-12-15-7-8-17-12/h1-2,7-9,14H,3-6,13H2. The molecule has 90 valence electrons. The SMILES string of the molecule is Nc1ccc(CCNCCc2nccs2)nc1. The van der Waals surface area contributed by atoms with Gasteiger partial charge in [0.15, 0.2) is 0 Å². The van der Waals surface area contributed by atoms with Gasteiger partial charge in [0.05, 0.1) is 16.9 Å². The molecular formula is C12H16N4S. The molecule has 2 aromatic rings. The number of nitrogens with zero attached hydrogens (tertiary/aromatic N) is 2. The minimum absolute atomic E-state index is 0.713. The number of pyridine rings is 1. The molecule has 2 rings (SSSR count). The highest BCUT2D eigenvalue weighted by atomic mass is 32.1. The van der Waals surface area contributed by atoms with Crippen LogP contribution in [0.4, 0.5) is 5.69 Å². The van der Waals surface area contributed by atoms with Crippen molar-refractivity contribution >= 4 is 17.0 Å². The molecule has 0 fully saturated rings. The first kappa shape index (κ1) is 12.0. The van der Waals surface area contributed by atoms with E-state index in [4.69, 9.17) is 5.73 Å². The van der Waals surface area contributed by atoms with Crippen molar-refractivity contribution in [1.82, 2.24) is 15.3 Å². The Morgan fingerprint density at radius 3 is 2.76 bits per heavy atom. The number of hydrogen-bond donors (Lipinski definition) is 2. The fourth-order valence-corrected chi connectivity index (χ4v) is 2.12. The molecule has 2 aromatic heterocycles. The molecule has 0 saturated carbocycles. The van der Waals surface area contributed by atoms with Gasteiger partial charge in [0.1, 0.15) is 0 Å². The summed E-state index contributed by atoms with van der Waals surface area (Å²) in [5.74, 6) is 0. The summed E-state index contributed by atoms with van der Waals surface area (Å²) in [5, 5.41) is 6.57. The first-order valence-electron chi connectivity index (χ1n) is 5.64. The van der Waals surface area contributed by atoms with Gasteiger partial charge in [0.25, 0.3) is 0 Å². The second-order valence-corrected chi connectivity index (χ2v) is 4.74. The lowest BCUT2D eigenvalue weighted by atomic mass is 10.2. The van der Waals surface area contributed by atoms with Gasteiger partial charge in [-0.2, -0.15) is 0 Å². The van der Waals surface area contributed by atoms with Crippen LogP contribution in [0.2, 0.25) is 0 Å². The van der Waals surface area contributed by atoms with Gasteiger partial charge in [-0.3, -0.25) is 4.98 Å². The Balaban J connectivity index is 1.61. The van der Waals surface area contributed by atoms with Crippen molar-refractivity contribution in [2.75, 3.05) is 18.8 Å². The summed E-state index contributed by atoms with van der Waals surface area (Å²) in [6.07, 6.45) is 5.47. The van der Waals surface area contributed by atoms with Crippen molar-refractivity contribution in [2.24, 2.45) is 0 Å². The van der Waals surface area contributed by atoms with E-state index >= 15 is 0 Å². The number of rotatable bonds is 6. The molecule has 3 N–H and O–H groups in total. The van der Waals surface area contributed by atoms with Crippen molar-refractivity contribution in [3.8, 4) is 0 Å². The molecule has 0 saturated heterocycles. The number of nitrogen functional groups attached to an aromatic ring is 1. The normalized spacial score (nSPS) is 10.6. The molecule has 0 unspecified atom stereocenters. The monoisotopic (exact) mass is 248 g/mol. The van der Waals surface area contributed by atoms with Crippen molar-refractivity contribution in [3.63, 3.8) is 0 Å². The van der Waals surface area contributed by atoms with E-state index in [1.165, 1.54) is 5.01 Å². The second-order valence-electron chi connectivity index (χ2n) is 3.76. The van der Waals surface area contributed by atoms with Crippen molar-refractivity contribution in [1.29, 1.82) is 0 Å². The smallest absolute Gasteiger partial charge is 0.0937 e. The van der Waals surface area contributed by atoms with E-state index in [9.17, 15) is 0 Å². The third kappa shape index (κ3) is 4.13. The van der Waals surface area contributed by atoms with Gasteiger partial charge >= 0.3 is 0 Å². The lowest BCUT2D eigenvalue weighted by molar-refractivity contribution is 0.674. The predicted molar refractivity (Wildman–Crippen MR) is 71.0 cm³/mol. The molecule has 17 heavy (non-hydrogen) atoms. The number of hydrogen-bond acceptors (Lipinski definition) is 5. The van der Waals surface area contributed by atoms with E-state index in [-0.39, 0.29) is 0 Å². The Hall–Kier alpha value is -1.46. The van der Waals surface area contributed by atoms with E-state index in [0.717, 1.165) is 31.6 Å². The molecule has 0 aromatic carbocycles. The molecule has 4 nitrogen and oxygen atoms in total. The van der Waals surface area contributed by atoms with E-state index in [1.807, 2.05) is 23.7 Å². The number of anilines is 1. The molecule has 0 aliphatic heterocycles. The van der Waals surface area contributed by atoms with Gasteiger partial charge in [0, 0.05) is 43.2 Å². The van der Waals surface area contributed by atoms with Gasteiger partial charge in [-0.1, -0.05) is 0 Å². The maximum absolute atomic E-state index is 5.57. The van der Waals surface area contributed by atoms with Crippen LogP contribution in [0, 0.1) is 0 Å². The van der Waals surface area contributed by atoms with Crippen LogP contribution in [0.5, 0.6) is 0 Å². The molecule has 0 aliphatic carbocycles. The van der Waals surface area contributed by atoms with Gasteiger partial charge in [-0.05, 0) is 12.1 Å². The summed E-state index contributed by atoms with van der Waals surface area (Å²) in [4.78, 5) is 8.48. The fraction of sp³-hybridized carbons (Fsp3) is 0.333. The van der Waals surface area contributed by atoms with E-state index < -0.39 is 0 Å². The molecule has 0 radical (unpaired) electrons. The molecule has 0 atom stereocenters. The molecule has 0 amide bonds. The Bertz CT molecular complexity index is 424. The van der Waals surface area contributed by atoms with Crippen LogP contribution in [-0.2, 0) is 12.8 Å². The van der Waals surface area contributed by atoms with Crippen LogP contribution >= 0.6 is 11.3 Å². The van der Waals surface area contributed by atoms with E-state index in [0.29, 0.717) is 5.69 Å². The zero-order valence-corrected chi connectivity index (χ0v) is 10.4. The minimum atomic E-state index is 0.713. The third-order valence-corrected chi connectivity index (χ3v) is 3.24. The number of nitrogens with one attached hydrogen (secondary N) is 1. The zero-order valence-electron chi connectivity index (χ0n) is 9.60. The molecule has 0 bridgehead atoms. The van der Waals surface area contributed by atoms with Gasteiger partial charge < -0.3 is 11.1 Å².